The van der Waals surface area contributed by atoms with Crippen LogP contribution in [0.3, 0.4) is 0 Å². The molecule has 0 radical (unpaired) electrons. The maximum Gasteiger partial charge on any atom is 0.250 e. The number of aromatic nitrogens is 1. The second kappa shape index (κ2) is 7.45. The van der Waals surface area contributed by atoms with Crippen molar-refractivity contribution >= 4 is 11.6 Å². The first kappa shape index (κ1) is 14.2. The van der Waals surface area contributed by atoms with Gasteiger partial charge in [-0.2, -0.15) is 0 Å². The highest BCUT2D eigenvalue weighted by Gasteiger charge is 2.09. The molecule has 0 saturated heterocycles. The van der Waals surface area contributed by atoms with E-state index in [0.29, 0.717) is 24.7 Å². The summed E-state index contributed by atoms with van der Waals surface area (Å²) in [5.74, 6) is 0.0706. The van der Waals surface area contributed by atoms with Crippen molar-refractivity contribution < 1.29 is 13.9 Å². The maximum absolute atomic E-state index is 13.6. The molecule has 0 unspecified atom stereocenters. The Hall–Kier alpha value is -0.870. The van der Waals surface area contributed by atoms with Gasteiger partial charge in [0.05, 0.1) is 12.5 Å². The molecule has 0 amide bonds. The molecular weight excluding hydrogens is 245 g/mol. The third kappa shape index (κ3) is 4.88. The van der Waals surface area contributed by atoms with Crippen LogP contribution in [0.15, 0.2) is 12.3 Å². The van der Waals surface area contributed by atoms with E-state index >= 15 is 0 Å². The van der Waals surface area contributed by atoms with Gasteiger partial charge < -0.3 is 9.47 Å². The molecule has 0 saturated carbocycles. The molecule has 5 heteroatoms. The zero-order valence-electron chi connectivity index (χ0n) is 10.1. The van der Waals surface area contributed by atoms with E-state index in [-0.39, 0.29) is 18.4 Å². The lowest BCUT2D eigenvalue weighted by molar-refractivity contribution is 0.0793. The second-order valence-corrected chi connectivity index (χ2v) is 4.31. The van der Waals surface area contributed by atoms with Gasteiger partial charge >= 0.3 is 0 Å². The molecule has 0 atom stereocenters. The highest BCUT2D eigenvalue weighted by atomic mass is 35.5. The summed E-state index contributed by atoms with van der Waals surface area (Å²) in [5.41, 5.74) is 0.389. The molecule has 96 valence electrons. The largest absolute Gasteiger partial charge is 0.473 e. The van der Waals surface area contributed by atoms with Crippen molar-refractivity contribution in [1.29, 1.82) is 0 Å². The number of rotatable bonds is 7. The summed E-state index contributed by atoms with van der Waals surface area (Å²) in [4.78, 5) is 3.81. The second-order valence-electron chi connectivity index (χ2n) is 4.04. The number of pyridine rings is 1. The Kier molecular flexibility index (Phi) is 6.22. The molecule has 0 aromatic carbocycles. The third-order valence-corrected chi connectivity index (χ3v) is 2.29. The van der Waals surface area contributed by atoms with Gasteiger partial charge in [0.2, 0.25) is 0 Å². The van der Waals surface area contributed by atoms with Crippen LogP contribution in [0.1, 0.15) is 19.4 Å². The lowest BCUT2D eigenvalue weighted by Gasteiger charge is -2.09. The first-order chi connectivity index (χ1) is 8.15. The van der Waals surface area contributed by atoms with E-state index in [0.717, 1.165) is 0 Å². The fraction of sp³-hybridized carbons (Fsp3) is 0.583. The molecular formula is C12H17ClFNO2. The lowest BCUT2D eigenvalue weighted by atomic mass is 10.2. The summed E-state index contributed by atoms with van der Waals surface area (Å²) in [6.45, 7) is 5.49. The van der Waals surface area contributed by atoms with E-state index in [1.54, 1.807) is 0 Å². The molecule has 17 heavy (non-hydrogen) atoms. The lowest BCUT2D eigenvalue weighted by Crippen LogP contribution is -2.11. The normalized spacial score (nSPS) is 10.9. The van der Waals surface area contributed by atoms with Crippen LogP contribution in [-0.4, -0.2) is 24.8 Å². The molecule has 1 aromatic heterocycles. The Balaban J connectivity index is 2.36. The number of ether oxygens (including phenoxy) is 2. The SMILES string of the molecule is CC(C)COCCOc1nccc(CCl)c1F. The standard InChI is InChI=1S/C12H17ClFNO2/c1-9(2)8-16-5-6-17-12-11(14)10(7-13)3-4-15-12/h3-4,9H,5-8H2,1-2H3. The van der Waals surface area contributed by atoms with Crippen molar-refractivity contribution in [2.24, 2.45) is 5.92 Å². The monoisotopic (exact) mass is 261 g/mol. The Labute approximate surface area is 106 Å². The van der Waals surface area contributed by atoms with E-state index < -0.39 is 5.82 Å². The molecule has 1 aromatic rings. The van der Waals surface area contributed by atoms with Crippen molar-refractivity contribution in [3.8, 4) is 5.88 Å². The first-order valence-corrected chi connectivity index (χ1v) is 6.08. The van der Waals surface area contributed by atoms with E-state index in [4.69, 9.17) is 21.1 Å². The predicted molar refractivity (Wildman–Crippen MR) is 64.9 cm³/mol. The Morgan fingerprint density at radius 1 is 1.41 bits per heavy atom. The fourth-order valence-corrected chi connectivity index (χ4v) is 1.39. The van der Waals surface area contributed by atoms with Crippen molar-refractivity contribution in [3.63, 3.8) is 0 Å². The number of nitrogens with zero attached hydrogens (tertiary/aromatic N) is 1. The Morgan fingerprint density at radius 2 is 2.18 bits per heavy atom. The van der Waals surface area contributed by atoms with Gasteiger partial charge in [0, 0.05) is 18.4 Å². The summed E-state index contributed by atoms with van der Waals surface area (Å²) in [5, 5.41) is 0. The minimum absolute atomic E-state index is 0.0173. The van der Waals surface area contributed by atoms with E-state index in [9.17, 15) is 4.39 Å². The molecule has 0 aliphatic heterocycles. The van der Waals surface area contributed by atoms with Crippen LogP contribution in [0.4, 0.5) is 4.39 Å². The predicted octanol–water partition coefficient (Wildman–Crippen LogP) is 3.01. The first-order valence-electron chi connectivity index (χ1n) is 5.55. The summed E-state index contributed by atoms with van der Waals surface area (Å²) >= 11 is 5.57. The van der Waals surface area contributed by atoms with Gasteiger partial charge in [-0.25, -0.2) is 9.37 Å². The summed E-state index contributed by atoms with van der Waals surface area (Å²) in [6, 6.07) is 1.53. The van der Waals surface area contributed by atoms with Crippen molar-refractivity contribution in [2.75, 3.05) is 19.8 Å². The number of hydrogen-bond donors (Lipinski definition) is 0. The van der Waals surface area contributed by atoms with Crippen molar-refractivity contribution in [1.82, 2.24) is 4.98 Å². The Morgan fingerprint density at radius 3 is 2.82 bits per heavy atom. The van der Waals surface area contributed by atoms with Gasteiger partial charge in [-0.05, 0) is 12.0 Å². The van der Waals surface area contributed by atoms with Gasteiger partial charge in [-0.3, -0.25) is 0 Å². The highest BCUT2D eigenvalue weighted by molar-refractivity contribution is 6.17. The zero-order valence-corrected chi connectivity index (χ0v) is 10.8. The number of hydrogen-bond acceptors (Lipinski definition) is 3. The minimum Gasteiger partial charge on any atom is -0.473 e. The van der Waals surface area contributed by atoms with Crippen molar-refractivity contribution in [2.45, 2.75) is 19.7 Å². The van der Waals surface area contributed by atoms with Crippen LogP contribution < -0.4 is 4.74 Å². The van der Waals surface area contributed by atoms with Crippen LogP contribution in [0.25, 0.3) is 0 Å². The Bertz CT molecular complexity index is 347. The van der Waals surface area contributed by atoms with Gasteiger partial charge in [0.15, 0.2) is 5.82 Å². The van der Waals surface area contributed by atoms with Gasteiger partial charge in [0.1, 0.15) is 6.61 Å². The summed E-state index contributed by atoms with van der Waals surface area (Å²) in [7, 11) is 0. The number of halogens is 2. The van der Waals surface area contributed by atoms with Crippen LogP contribution in [0.2, 0.25) is 0 Å². The van der Waals surface area contributed by atoms with Crippen molar-refractivity contribution in [3.05, 3.63) is 23.6 Å². The van der Waals surface area contributed by atoms with Gasteiger partial charge in [-0.1, -0.05) is 13.8 Å². The third-order valence-electron chi connectivity index (χ3n) is 2.00. The molecule has 1 heterocycles. The molecule has 0 fully saturated rings. The minimum atomic E-state index is -0.494. The van der Waals surface area contributed by atoms with Crippen LogP contribution in [0, 0.1) is 11.7 Å². The highest BCUT2D eigenvalue weighted by Crippen LogP contribution is 2.18. The molecule has 0 N–H and O–H groups in total. The average Bonchev–Trinajstić information content (AvgIpc) is 2.30. The molecule has 0 bridgehead atoms. The average molecular weight is 262 g/mol. The smallest absolute Gasteiger partial charge is 0.250 e. The maximum atomic E-state index is 13.6. The molecule has 1 rings (SSSR count). The molecule has 0 spiro atoms. The van der Waals surface area contributed by atoms with E-state index in [2.05, 4.69) is 18.8 Å². The van der Waals surface area contributed by atoms with E-state index in [1.165, 1.54) is 12.3 Å². The topological polar surface area (TPSA) is 31.4 Å². The van der Waals surface area contributed by atoms with E-state index in [1.807, 2.05) is 0 Å². The van der Waals surface area contributed by atoms with Crippen LogP contribution in [0.5, 0.6) is 5.88 Å². The number of alkyl halides is 1. The summed E-state index contributed by atoms with van der Waals surface area (Å²) in [6.07, 6.45) is 1.48. The fourth-order valence-electron chi connectivity index (χ4n) is 1.18. The molecule has 0 aliphatic rings. The van der Waals surface area contributed by atoms with Crippen LogP contribution in [-0.2, 0) is 10.6 Å². The summed E-state index contributed by atoms with van der Waals surface area (Å²) < 4.78 is 24.1. The molecule has 0 aliphatic carbocycles. The quantitative estimate of drug-likeness (QED) is 0.559. The van der Waals surface area contributed by atoms with Gasteiger partial charge in [-0.15, -0.1) is 11.6 Å². The van der Waals surface area contributed by atoms with Crippen LogP contribution >= 0.6 is 11.6 Å². The molecule has 3 nitrogen and oxygen atoms in total. The van der Waals surface area contributed by atoms with Gasteiger partial charge in [0.25, 0.3) is 5.88 Å². The zero-order chi connectivity index (χ0) is 12.7.